The van der Waals surface area contributed by atoms with Crippen LogP contribution in [0.5, 0.6) is 11.5 Å². The minimum atomic E-state index is -0.422. The minimum absolute atomic E-state index is 0.0135. The first-order chi connectivity index (χ1) is 12.2. The summed E-state index contributed by atoms with van der Waals surface area (Å²) >= 11 is 0. The lowest BCUT2D eigenvalue weighted by molar-refractivity contribution is -0.123. The van der Waals surface area contributed by atoms with E-state index in [1.54, 1.807) is 0 Å². The zero-order valence-electron chi connectivity index (χ0n) is 14.4. The van der Waals surface area contributed by atoms with E-state index in [-0.39, 0.29) is 17.4 Å². The van der Waals surface area contributed by atoms with E-state index in [1.165, 1.54) is 18.4 Å². The van der Waals surface area contributed by atoms with Gasteiger partial charge in [-0.25, -0.2) is 0 Å². The average Bonchev–Trinajstić information content (AvgIpc) is 3.29. The third kappa shape index (κ3) is 3.33. The van der Waals surface area contributed by atoms with Crippen LogP contribution in [-0.2, 0) is 10.2 Å². The van der Waals surface area contributed by atoms with Gasteiger partial charge in [0.2, 0.25) is 5.91 Å². The highest BCUT2D eigenvalue weighted by Crippen LogP contribution is 2.43. The largest absolute Gasteiger partial charge is 0.486 e. The number of hydrogen-bond acceptors (Lipinski definition) is 5. The highest BCUT2D eigenvalue weighted by atomic mass is 16.6. The zero-order valence-corrected chi connectivity index (χ0v) is 14.4. The van der Waals surface area contributed by atoms with E-state index in [9.17, 15) is 9.90 Å². The third-order valence-electron chi connectivity index (χ3n) is 5.74. The van der Waals surface area contributed by atoms with Crippen LogP contribution in [0.1, 0.15) is 37.7 Å². The molecular weight excluding hydrogens is 320 g/mol. The molecule has 3 N–H and O–H groups in total. The summed E-state index contributed by atoms with van der Waals surface area (Å²) in [5.74, 6) is 1.60. The number of carbonyl (C=O) groups excluding carboxylic acids is 1. The first-order valence-electron chi connectivity index (χ1n) is 9.26. The van der Waals surface area contributed by atoms with Gasteiger partial charge in [0.15, 0.2) is 11.5 Å². The first-order valence-corrected chi connectivity index (χ1v) is 9.26. The summed E-state index contributed by atoms with van der Waals surface area (Å²) in [4.78, 5) is 12.4. The van der Waals surface area contributed by atoms with E-state index in [2.05, 4.69) is 22.8 Å². The Morgan fingerprint density at radius 1 is 1.24 bits per heavy atom. The standard InChI is InChI=1S/C19H26N2O4/c22-14-10-15(20-11-14)18(23)21-12-19(5-1-2-6-19)13-3-4-16-17(9-13)25-8-7-24-16/h3-4,9,14-15,20,22H,1-2,5-8,10-12H2,(H,21,23). The summed E-state index contributed by atoms with van der Waals surface area (Å²) in [7, 11) is 0. The molecule has 0 spiro atoms. The molecule has 2 heterocycles. The Kier molecular flexibility index (Phi) is 4.56. The third-order valence-corrected chi connectivity index (χ3v) is 5.74. The molecule has 1 saturated carbocycles. The van der Waals surface area contributed by atoms with Crippen LogP contribution in [0.15, 0.2) is 18.2 Å². The molecule has 6 nitrogen and oxygen atoms in total. The maximum atomic E-state index is 12.4. The molecule has 4 rings (SSSR count). The Hall–Kier alpha value is -1.79. The summed E-state index contributed by atoms with van der Waals surface area (Å²) in [6.45, 7) is 2.29. The van der Waals surface area contributed by atoms with Crippen molar-refractivity contribution in [2.24, 2.45) is 0 Å². The molecule has 25 heavy (non-hydrogen) atoms. The summed E-state index contributed by atoms with van der Waals surface area (Å²) < 4.78 is 11.4. The lowest BCUT2D eigenvalue weighted by atomic mass is 9.78. The van der Waals surface area contributed by atoms with Crippen LogP contribution < -0.4 is 20.1 Å². The molecule has 2 atom stereocenters. The van der Waals surface area contributed by atoms with Gasteiger partial charge in [-0.2, -0.15) is 0 Å². The Bertz CT molecular complexity index is 642. The number of β-amino-alcohol motifs (C(OH)–C–C–N with tert-alkyl or cyclic N) is 1. The highest BCUT2D eigenvalue weighted by Gasteiger charge is 2.38. The van der Waals surface area contributed by atoms with E-state index in [4.69, 9.17) is 9.47 Å². The normalized spacial score (nSPS) is 27.2. The fourth-order valence-electron chi connectivity index (χ4n) is 4.29. The van der Waals surface area contributed by atoms with Crippen LogP contribution in [0, 0.1) is 0 Å². The fourth-order valence-corrected chi connectivity index (χ4v) is 4.29. The molecule has 6 heteroatoms. The van der Waals surface area contributed by atoms with E-state index in [0.717, 1.165) is 24.3 Å². The van der Waals surface area contributed by atoms with Crippen LogP contribution >= 0.6 is 0 Å². The van der Waals surface area contributed by atoms with E-state index >= 15 is 0 Å². The van der Waals surface area contributed by atoms with Crippen LogP contribution in [-0.4, -0.2) is 49.5 Å². The number of carbonyl (C=O) groups is 1. The fraction of sp³-hybridized carbons (Fsp3) is 0.632. The molecule has 0 bridgehead atoms. The van der Waals surface area contributed by atoms with Gasteiger partial charge in [0.25, 0.3) is 0 Å². The predicted molar refractivity (Wildman–Crippen MR) is 93.0 cm³/mol. The van der Waals surface area contributed by atoms with Gasteiger partial charge in [-0.15, -0.1) is 0 Å². The molecule has 136 valence electrons. The number of aliphatic hydroxyl groups excluding tert-OH is 1. The van der Waals surface area contributed by atoms with Crippen molar-refractivity contribution in [1.29, 1.82) is 0 Å². The second-order valence-electron chi connectivity index (χ2n) is 7.41. The lowest BCUT2D eigenvalue weighted by Crippen LogP contribution is -2.46. The number of nitrogens with one attached hydrogen (secondary N) is 2. The monoisotopic (exact) mass is 346 g/mol. The Morgan fingerprint density at radius 2 is 2.00 bits per heavy atom. The van der Waals surface area contributed by atoms with Gasteiger partial charge in [-0.3, -0.25) is 4.79 Å². The predicted octanol–water partition coefficient (Wildman–Crippen LogP) is 1.11. The molecule has 1 aliphatic carbocycles. The van der Waals surface area contributed by atoms with Gasteiger partial charge in [0.1, 0.15) is 13.2 Å². The molecule has 2 aliphatic heterocycles. The smallest absolute Gasteiger partial charge is 0.237 e. The molecule has 1 amide bonds. The number of hydrogen-bond donors (Lipinski definition) is 3. The Morgan fingerprint density at radius 3 is 2.72 bits per heavy atom. The topological polar surface area (TPSA) is 79.8 Å². The summed E-state index contributed by atoms with van der Waals surface area (Å²) in [5.41, 5.74) is 1.18. The number of ether oxygens (including phenoxy) is 2. The van der Waals surface area contributed by atoms with Crippen molar-refractivity contribution in [3.05, 3.63) is 23.8 Å². The van der Waals surface area contributed by atoms with E-state index in [0.29, 0.717) is 32.7 Å². The molecule has 3 aliphatic rings. The second kappa shape index (κ2) is 6.84. The van der Waals surface area contributed by atoms with Gasteiger partial charge < -0.3 is 25.2 Å². The first kappa shape index (κ1) is 16.7. The van der Waals surface area contributed by atoms with Crippen molar-refractivity contribution in [3.8, 4) is 11.5 Å². The Labute approximate surface area is 147 Å². The number of fused-ring (bicyclic) bond motifs is 1. The molecule has 0 aromatic heterocycles. The van der Waals surface area contributed by atoms with Gasteiger partial charge >= 0.3 is 0 Å². The van der Waals surface area contributed by atoms with Crippen LogP contribution in [0.2, 0.25) is 0 Å². The molecule has 2 unspecified atom stereocenters. The molecular formula is C19H26N2O4. The maximum absolute atomic E-state index is 12.4. The van der Waals surface area contributed by atoms with Crippen molar-refractivity contribution in [2.75, 3.05) is 26.3 Å². The second-order valence-corrected chi connectivity index (χ2v) is 7.41. The molecule has 1 aromatic rings. The summed E-state index contributed by atoms with van der Waals surface area (Å²) in [5, 5.41) is 15.8. The van der Waals surface area contributed by atoms with Crippen molar-refractivity contribution >= 4 is 5.91 Å². The number of aliphatic hydroxyl groups is 1. The van der Waals surface area contributed by atoms with Crippen molar-refractivity contribution < 1.29 is 19.4 Å². The van der Waals surface area contributed by atoms with Gasteiger partial charge in [0.05, 0.1) is 12.1 Å². The maximum Gasteiger partial charge on any atom is 0.237 e. The zero-order chi connectivity index (χ0) is 17.3. The Balaban J connectivity index is 1.49. The molecule has 1 saturated heterocycles. The van der Waals surface area contributed by atoms with E-state index < -0.39 is 6.10 Å². The molecule has 2 fully saturated rings. The number of rotatable bonds is 4. The van der Waals surface area contributed by atoms with E-state index in [1.807, 2.05) is 6.07 Å². The SMILES string of the molecule is O=C(NCC1(c2ccc3c(c2)OCCO3)CCCC1)C1CC(O)CN1. The summed E-state index contributed by atoms with van der Waals surface area (Å²) in [6, 6.07) is 5.90. The average molecular weight is 346 g/mol. The minimum Gasteiger partial charge on any atom is -0.486 e. The quantitative estimate of drug-likeness (QED) is 0.761. The van der Waals surface area contributed by atoms with Gasteiger partial charge in [-0.1, -0.05) is 18.9 Å². The number of amides is 1. The summed E-state index contributed by atoms with van der Waals surface area (Å²) in [6.07, 6.45) is 4.54. The molecule has 1 aromatic carbocycles. The number of benzene rings is 1. The molecule has 0 radical (unpaired) electrons. The van der Waals surface area contributed by atoms with Gasteiger partial charge in [-0.05, 0) is 37.0 Å². The van der Waals surface area contributed by atoms with Crippen molar-refractivity contribution in [1.82, 2.24) is 10.6 Å². The van der Waals surface area contributed by atoms with Crippen molar-refractivity contribution in [3.63, 3.8) is 0 Å². The highest BCUT2D eigenvalue weighted by molar-refractivity contribution is 5.82. The van der Waals surface area contributed by atoms with Crippen LogP contribution in [0.4, 0.5) is 0 Å². The van der Waals surface area contributed by atoms with Crippen molar-refractivity contribution in [2.45, 2.75) is 49.7 Å². The van der Waals surface area contributed by atoms with Gasteiger partial charge in [0, 0.05) is 18.5 Å². The lowest BCUT2D eigenvalue weighted by Gasteiger charge is -2.31. The van der Waals surface area contributed by atoms with Crippen LogP contribution in [0.25, 0.3) is 0 Å². The van der Waals surface area contributed by atoms with Crippen LogP contribution in [0.3, 0.4) is 0 Å².